The molecule has 2 N–H and O–H groups in total. The minimum absolute atomic E-state index is 0.138. The van der Waals surface area contributed by atoms with Crippen molar-refractivity contribution in [2.45, 2.75) is 12.5 Å². The molecule has 0 spiro atoms. The second-order valence-corrected chi connectivity index (χ2v) is 9.80. The standard InChI is InChI=1S/C30H32FN5O4/c31-25-8-4-5-9-26(25)35-18-16-34(17-19-35)21-29(38)36-15-14-32-30(39)27(36)20-28(37)33-22-10-12-24(13-11-22)40-23-6-2-1-3-7-23/h1-13,27H,14-21H2,(H,32,39)(H,33,37)/t27-/m0/s1. The number of amides is 3. The third-order valence-electron chi connectivity index (χ3n) is 7.07. The van der Waals surface area contributed by atoms with Crippen molar-refractivity contribution in [2.75, 3.05) is 56.0 Å². The van der Waals surface area contributed by atoms with E-state index in [1.807, 2.05) is 46.2 Å². The molecule has 1 atom stereocenters. The van der Waals surface area contributed by atoms with Crippen LogP contribution in [0.5, 0.6) is 11.5 Å². The van der Waals surface area contributed by atoms with Crippen LogP contribution in [-0.2, 0) is 14.4 Å². The van der Waals surface area contributed by atoms with Crippen molar-refractivity contribution in [1.82, 2.24) is 15.1 Å². The van der Waals surface area contributed by atoms with E-state index in [0.717, 1.165) is 0 Å². The maximum Gasteiger partial charge on any atom is 0.243 e. The summed E-state index contributed by atoms with van der Waals surface area (Å²) in [6.45, 7) is 3.19. The van der Waals surface area contributed by atoms with Crippen LogP contribution in [0, 0.1) is 5.82 Å². The van der Waals surface area contributed by atoms with Gasteiger partial charge in [-0.25, -0.2) is 4.39 Å². The van der Waals surface area contributed by atoms with Crippen molar-refractivity contribution in [2.24, 2.45) is 0 Å². The summed E-state index contributed by atoms with van der Waals surface area (Å²) in [5, 5.41) is 5.57. The summed E-state index contributed by atoms with van der Waals surface area (Å²) in [5.74, 6) is 0.167. The third-order valence-corrected chi connectivity index (χ3v) is 7.07. The number of carbonyl (C=O) groups is 3. The zero-order valence-electron chi connectivity index (χ0n) is 22.1. The summed E-state index contributed by atoms with van der Waals surface area (Å²) in [7, 11) is 0. The van der Waals surface area contributed by atoms with E-state index in [4.69, 9.17) is 4.74 Å². The average molecular weight is 546 g/mol. The Labute approximate surface area is 232 Å². The van der Waals surface area contributed by atoms with Gasteiger partial charge in [-0.05, 0) is 48.5 Å². The van der Waals surface area contributed by atoms with Crippen molar-refractivity contribution >= 4 is 29.1 Å². The number of nitrogens with zero attached hydrogens (tertiary/aromatic N) is 3. The SMILES string of the molecule is O=C(C[C@H]1C(=O)NCCN1C(=O)CN1CCN(c2ccccc2F)CC1)Nc1ccc(Oc2ccccc2)cc1. The van der Waals surface area contributed by atoms with Gasteiger partial charge in [0.05, 0.1) is 18.7 Å². The smallest absolute Gasteiger partial charge is 0.243 e. The van der Waals surface area contributed by atoms with Crippen molar-refractivity contribution in [3.05, 3.63) is 84.7 Å². The van der Waals surface area contributed by atoms with Crippen molar-refractivity contribution in [3.8, 4) is 11.5 Å². The third kappa shape index (κ3) is 6.76. The number of rotatable bonds is 8. The Bertz CT molecular complexity index is 1330. The number of benzene rings is 3. The van der Waals surface area contributed by atoms with Gasteiger partial charge in [0, 0.05) is 45.0 Å². The molecule has 3 amide bonds. The Morgan fingerprint density at radius 1 is 0.875 bits per heavy atom. The van der Waals surface area contributed by atoms with Crippen LogP contribution in [0.25, 0.3) is 0 Å². The van der Waals surface area contributed by atoms with Crippen LogP contribution >= 0.6 is 0 Å². The minimum atomic E-state index is -0.887. The van der Waals surface area contributed by atoms with Crippen LogP contribution in [0.15, 0.2) is 78.9 Å². The van der Waals surface area contributed by atoms with Crippen molar-refractivity contribution in [1.29, 1.82) is 0 Å². The van der Waals surface area contributed by atoms with Crippen molar-refractivity contribution < 1.29 is 23.5 Å². The zero-order valence-corrected chi connectivity index (χ0v) is 22.1. The van der Waals surface area contributed by atoms with Gasteiger partial charge in [-0.15, -0.1) is 0 Å². The first-order valence-electron chi connectivity index (χ1n) is 13.4. The monoisotopic (exact) mass is 545 g/mol. The molecule has 0 aromatic heterocycles. The number of hydrogen-bond acceptors (Lipinski definition) is 6. The fourth-order valence-corrected chi connectivity index (χ4v) is 4.97. The largest absolute Gasteiger partial charge is 0.457 e. The molecule has 10 heteroatoms. The Balaban J connectivity index is 1.13. The molecule has 0 unspecified atom stereocenters. The van der Waals surface area contributed by atoms with Gasteiger partial charge in [-0.2, -0.15) is 0 Å². The molecule has 3 aromatic rings. The highest BCUT2D eigenvalue weighted by atomic mass is 19.1. The van der Waals surface area contributed by atoms with E-state index in [1.165, 1.54) is 11.0 Å². The number of ether oxygens (including phenoxy) is 1. The van der Waals surface area contributed by atoms with E-state index in [0.29, 0.717) is 62.1 Å². The van der Waals surface area contributed by atoms with Gasteiger partial charge < -0.3 is 25.2 Å². The number of piperazine rings is 2. The minimum Gasteiger partial charge on any atom is -0.457 e. The Morgan fingerprint density at radius 3 is 2.27 bits per heavy atom. The Kier molecular flexibility index (Phi) is 8.56. The van der Waals surface area contributed by atoms with E-state index in [9.17, 15) is 18.8 Å². The molecule has 40 heavy (non-hydrogen) atoms. The topological polar surface area (TPSA) is 94.2 Å². The predicted octanol–water partition coefficient (Wildman–Crippen LogP) is 3.10. The molecular weight excluding hydrogens is 513 g/mol. The van der Waals surface area contributed by atoms with Gasteiger partial charge in [-0.3, -0.25) is 19.3 Å². The molecule has 2 heterocycles. The summed E-state index contributed by atoms with van der Waals surface area (Å²) in [4.78, 5) is 44.2. The maximum atomic E-state index is 14.2. The van der Waals surface area contributed by atoms with Crippen molar-refractivity contribution in [3.63, 3.8) is 0 Å². The normalized spacial score (nSPS) is 17.7. The summed E-state index contributed by atoms with van der Waals surface area (Å²) >= 11 is 0. The zero-order chi connectivity index (χ0) is 27.9. The molecule has 3 aromatic carbocycles. The quantitative estimate of drug-likeness (QED) is 0.452. The molecular formula is C30H32FN5O4. The molecule has 9 nitrogen and oxygen atoms in total. The number of nitrogens with one attached hydrogen (secondary N) is 2. The molecule has 2 saturated heterocycles. The Morgan fingerprint density at radius 2 is 1.55 bits per heavy atom. The number of anilines is 2. The molecule has 0 radical (unpaired) electrons. The summed E-state index contributed by atoms with van der Waals surface area (Å²) < 4.78 is 19.9. The molecule has 0 aliphatic carbocycles. The van der Waals surface area contributed by atoms with Gasteiger partial charge in [0.15, 0.2) is 0 Å². The molecule has 0 saturated carbocycles. The van der Waals surface area contributed by atoms with Gasteiger partial charge in [-0.1, -0.05) is 30.3 Å². The van der Waals surface area contributed by atoms with Gasteiger partial charge in [0.1, 0.15) is 23.4 Å². The van der Waals surface area contributed by atoms with E-state index >= 15 is 0 Å². The number of halogens is 1. The van der Waals surface area contributed by atoms with E-state index in [1.54, 1.807) is 36.4 Å². The van der Waals surface area contributed by atoms with Gasteiger partial charge >= 0.3 is 0 Å². The first-order valence-corrected chi connectivity index (χ1v) is 13.4. The summed E-state index contributed by atoms with van der Waals surface area (Å²) in [6.07, 6.45) is -0.152. The van der Waals surface area contributed by atoms with Crippen LogP contribution < -0.4 is 20.3 Å². The highest BCUT2D eigenvalue weighted by Gasteiger charge is 2.35. The van der Waals surface area contributed by atoms with E-state index < -0.39 is 6.04 Å². The lowest BCUT2D eigenvalue weighted by atomic mass is 10.1. The summed E-state index contributed by atoms with van der Waals surface area (Å²) in [5.41, 5.74) is 1.12. The second kappa shape index (κ2) is 12.6. The highest BCUT2D eigenvalue weighted by molar-refractivity contribution is 5.97. The second-order valence-electron chi connectivity index (χ2n) is 9.80. The number of hydrogen-bond donors (Lipinski definition) is 2. The fourth-order valence-electron chi connectivity index (χ4n) is 4.97. The van der Waals surface area contributed by atoms with Crippen LogP contribution in [0.1, 0.15) is 6.42 Å². The first-order chi connectivity index (χ1) is 19.5. The van der Waals surface area contributed by atoms with Crippen LogP contribution in [-0.4, -0.2) is 79.4 Å². The molecule has 2 fully saturated rings. The summed E-state index contributed by atoms with van der Waals surface area (Å²) in [6, 6.07) is 22.1. The van der Waals surface area contributed by atoms with Gasteiger partial charge in [0.25, 0.3) is 0 Å². The number of carbonyl (C=O) groups excluding carboxylic acids is 3. The van der Waals surface area contributed by atoms with Crippen LogP contribution in [0.3, 0.4) is 0 Å². The van der Waals surface area contributed by atoms with Gasteiger partial charge in [0.2, 0.25) is 17.7 Å². The van der Waals surface area contributed by atoms with Crippen LogP contribution in [0.2, 0.25) is 0 Å². The average Bonchev–Trinajstić information content (AvgIpc) is 2.96. The number of para-hydroxylation sites is 2. The first kappa shape index (κ1) is 27.1. The lowest BCUT2D eigenvalue weighted by Crippen LogP contribution is -2.60. The predicted molar refractivity (Wildman–Crippen MR) is 150 cm³/mol. The maximum absolute atomic E-state index is 14.2. The molecule has 2 aliphatic rings. The fraction of sp³-hybridized carbons (Fsp3) is 0.300. The lowest BCUT2D eigenvalue weighted by Gasteiger charge is -2.39. The van der Waals surface area contributed by atoms with E-state index in [-0.39, 0.29) is 36.5 Å². The van der Waals surface area contributed by atoms with Crippen LogP contribution in [0.4, 0.5) is 15.8 Å². The molecule has 2 aliphatic heterocycles. The van der Waals surface area contributed by atoms with E-state index in [2.05, 4.69) is 10.6 Å². The molecule has 5 rings (SSSR count). The Hall–Kier alpha value is -4.44. The lowest BCUT2D eigenvalue weighted by molar-refractivity contribution is -0.145. The highest BCUT2D eigenvalue weighted by Crippen LogP contribution is 2.23. The molecule has 0 bridgehead atoms. The molecule has 208 valence electrons.